The minimum absolute atomic E-state index is 0.453. The van der Waals surface area contributed by atoms with Crippen LogP contribution in [-0.2, 0) is 0 Å². The average Bonchev–Trinajstić information content (AvgIpc) is 3.56. The van der Waals surface area contributed by atoms with E-state index in [0.717, 1.165) is 63.6 Å². The number of hydrogen-bond acceptors (Lipinski definition) is 4. The van der Waals surface area contributed by atoms with Gasteiger partial charge in [0.25, 0.3) is 0 Å². The first kappa shape index (κ1) is 25.3. The molecule has 6 heteroatoms. The van der Waals surface area contributed by atoms with Crippen LogP contribution in [-0.4, -0.2) is 20.7 Å². The van der Waals surface area contributed by atoms with Gasteiger partial charge in [-0.05, 0) is 60.8 Å². The molecule has 0 radical (unpaired) electrons. The molecule has 0 bridgehead atoms. The molecule has 0 aromatic carbocycles. The number of nitrogens with one attached hydrogen (secondary N) is 2. The Kier molecular flexibility index (Phi) is 6.76. The van der Waals surface area contributed by atoms with E-state index in [0.29, 0.717) is 40.4 Å². The molecule has 3 aromatic rings. The summed E-state index contributed by atoms with van der Waals surface area (Å²) < 4.78 is 0. The molecule has 6 rings (SSSR count). The van der Waals surface area contributed by atoms with Crippen molar-refractivity contribution >= 4 is 38.8 Å². The van der Waals surface area contributed by atoms with Crippen molar-refractivity contribution in [3.05, 3.63) is 101 Å². The summed E-state index contributed by atoms with van der Waals surface area (Å²) in [5, 5.41) is 24.2. The molecule has 0 amide bonds. The van der Waals surface area contributed by atoms with Crippen LogP contribution in [0.15, 0.2) is 78.1 Å². The van der Waals surface area contributed by atoms with Gasteiger partial charge in [-0.2, -0.15) is 10.5 Å². The van der Waals surface area contributed by atoms with Gasteiger partial charge < -0.3 is 9.97 Å². The quantitative estimate of drug-likeness (QED) is 0.439. The molecular formula is C34H30N6. The number of fused-ring (bicyclic) bond motifs is 1. The van der Waals surface area contributed by atoms with E-state index in [1.807, 2.05) is 24.3 Å². The summed E-state index contributed by atoms with van der Waals surface area (Å²) in [5.41, 5.74) is 6.24. The summed E-state index contributed by atoms with van der Waals surface area (Å²) in [6, 6.07) is 10.5. The Morgan fingerprint density at radius 1 is 0.875 bits per heavy atom. The second-order valence-electron chi connectivity index (χ2n) is 10.7. The minimum Gasteiger partial charge on any atom is -0.353 e. The molecule has 0 saturated carbocycles. The number of rotatable bonds is 4. The van der Waals surface area contributed by atoms with E-state index in [-0.39, 0.29) is 0 Å². The van der Waals surface area contributed by atoms with Crippen molar-refractivity contribution in [2.45, 2.75) is 39.5 Å². The van der Waals surface area contributed by atoms with Gasteiger partial charge in [-0.1, -0.05) is 62.4 Å². The Hall–Kier alpha value is -4.94. The Balaban J connectivity index is 1.81. The molecule has 2 aliphatic carbocycles. The normalized spacial score (nSPS) is 21.8. The molecule has 2 N–H and O–H groups in total. The van der Waals surface area contributed by atoms with Gasteiger partial charge in [0, 0.05) is 23.2 Å². The predicted octanol–water partition coefficient (Wildman–Crippen LogP) is 6.00. The molecule has 40 heavy (non-hydrogen) atoms. The van der Waals surface area contributed by atoms with Crippen LogP contribution in [0.5, 0.6) is 0 Å². The number of nitriles is 2. The smallest absolute Gasteiger partial charge is 0.104 e. The van der Waals surface area contributed by atoms with Crippen molar-refractivity contribution in [3.63, 3.8) is 0 Å². The van der Waals surface area contributed by atoms with Gasteiger partial charge in [-0.25, -0.2) is 0 Å². The van der Waals surface area contributed by atoms with Crippen LogP contribution >= 0.6 is 0 Å². The summed E-state index contributed by atoms with van der Waals surface area (Å²) in [5.74, 6) is 0.905. The lowest BCUT2D eigenvalue weighted by atomic mass is 9.94. The SMILES string of the molecule is CC1C=CC(c2[nH]/c(=C(/C#N)c3ccccn3)c3c(C4=CCC(C)C=C4)[nH]/c(=C(/C#N)C4=NC=CCC4)c23)=CC1. The molecule has 6 nitrogen and oxygen atoms in total. The number of allylic oxidation sites excluding steroid dienone is 9. The molecular weight excluding hydrogens is 492 g/mol. The van der Waals surface area contributed by atoms with E-state index in [1.165, 1.54) is 0 Å². The molecule has 196 valence electrons. The van der Waals surface area contributed by atoms with Gasteiger partial charge in [0.1, 0.15) is 17.7 Å². The van der Waals surface area contributed by atoms with Crippen molar-refractivity contribution in [1.82, 2.24) is 15.0 Å². The molecule has 2 unspecified atom stereocenters. The third-order valence-corrected chi connectivity index (χ3v) is 7.77. The van der Waals surface area contributed by atoms with E-state index in [9.17, 15) is 10.5 Å². The highest BCUT2D eigenvalue weighted by atomic mass is 14.8. The van der Waals surface area contributed by atoms with Crippen molar-refractivity contribution in [2.75, 3.05) is 0 Å². The second-order valence-corrected chi connectivity index (χ2v) is 10.7. The van der Waals surface area contributed by atoms with Crippen LogP contribution in [0.1, 0.15) is 56.6 Å². The van der Waals surface area contributed by atoms with Crippen LogP contribution in [0.4, 0.5) is 0 Å². The van der Waals surface area contributed by atoms with Crippen molar-refractivity contribution in [1.29, 1.82) is 10.5 Å². The summed E-state index contributed by atoms with van der Waals surface area (Å²) >= 11 is 0. The first-order chi connectivity index (χ1) is 19.6. The average molecular weight is 523 g/mol. The standard InChI is InChI=1S/C34H30N6/c1-21-9-13-23(14-10-21)31-29-30(34(39-31)26(20-36)28-8-4-6-18-38-28)32(24-15-11-22(2)12-16-24)40-33(29)25(19-35)27-7-3-5-17-37-27/h3,5-7,9,11,13-18,21-22,39-40H,4,8,10,12H2,1-2H3/b33-25-,34-26-. The zero-order valence-corrected chi connectivity index (χ0v) is 22.7. The number of nitrogens with zero attached hydrogens (tertiary/aromatic N) is 4. The predicted molar refractivity (Wildman–Crippen MR) is 161 cm³/mol. The number of hydrogen-bond donors (Lipinski definition) is 2. The van der Waals surface area contributed by atoms with Gasteiger partial charge >= 0.3 is 0 Å². The summed E-state index contributed by atoms with van der Waals surface area (Å²) in [6.45, 7) is 4.39. The maximum Gasteiger partial charge on any atom is 0.104 e. The van der Waals surface area contributed by atoms with Crippen molar-refractivity contribution in [3.8, 4) is 12.1 Å². The molecule has 0 fully saturated rings. The highest BCUT2D eigenvalue weighted by molar-refractivity contribution is 6.25. The number of H-pyrrole nitrogens is 2. The van der Waals surface area contributed by atoms with Crippen LogP contribution in [0, 0.1) is 34.5 Å². The van der Waals surface area contributed by atoms with Crippen LogP contribution in [0.25, 0.3) is 33.1 Å². The maximum absolute atomic E-state index is 10.5. The number of pyridine rings is 1. The topological polar surface area (TPSA) is 104 Å². The second kappa shape index (κ2) is 10.7. The van der Waals surface area contributed by atoms with E-state index in [1.54, 1.807) is 12.4 Å². The lowest BCUT2D eigenvalue weighted by Gasteiger charge is -2.11. The molecule has 2 atom stereocenters. The van der Waals surface area contributed by atoms with Crippen LogP contribution in [0.2, 0.25) is 0 Å². The zero-order valence-electron chi connectivity index (χ0n) is 22.7. The molecule has 0 spiro atoms. The maximum atomic E-state index is 10.5. The fourth-order valence-corrected chi connectivity index (χ4v) is 5.59. The van der Waals surface area contributed by atoms with E-state index < -0.39 is 0 Å². The molecule has 3 aliphatic rings. The van der Waals surface area contributed by atoms with E-state index in [2.05, 4.69) is 82.4 Å². The Morgan fingerprint density at radius 3 is 1.98 bits per heavy atom. The third-order valence-electron chi connectivity index (χ3n) is 7.77. The molecule has 4 heterocycles. The summed E-state index contributed by atoms with van der Waals surface area (Å²) in [7, 11) is 0. The lowest BCUT2D eigenvalue weighted by molar-refractivity contribution is 0.739. The highest BCUT2D eigenvalue weighted by Gasteiger charge is 2.24. The Morgan fingerprint density at radius 2 is 1.50 bits per heavy atom. The van der Waals surface area contributed by atoms with Gasteiger partial charge in [0.05, 0.1) is 39.1 Å². The fourth-order valence-electron chi connectivity index (χ4n) is 5.59. The van der Waals surface area contributed by atoms with Gasteiger partial charge in [0.2, 0.25) is 0 Å². The van der Waals surface area contributed by atoms with Gasteiger partial charge in [-0.15, -0.1) is 0 Å². The summed E-state index contributed by atoms with van der Waals surface area (Å²) in [4.78, 5) is 16.4. The molecule has 3 aromatic heterocycles. The molecule has 1 aliphatic heterocycles. The highest BCUT2D eigenvalue weighted by Crippen LogP contribution is 2.32. The fraction of sp³-hybridized carbons (Fsp3) is 0.235. The number of aromatic nitrogens is 3. The first-order valence-electron chi connectivity index (χ1n) is 13.8. The van der Waals surface area contributed by atoms with Crippen molar-refractivity contribution < 1.29 is 0 Å². The number of aromatic amines is 2. The van der Waals surface area contributed by atoms with Crippen LogP contribution in [0.3, 0.4) is 0 Å². The largest absolute Gasteiger partial charge is 0.353 e. The van der Waals surface area contributed by atoms with Crippen LogP contribution < -0.4 is 10.7 Å². The summed E-state index contributed by atoms with van der Waals surface area (Å²) in [6.07, 6.45) is 22.1. The van der Waals surface area contributed by atoms with Gasteiger partial charge in [-0.3, -0.25) is 9.98 Å². The van der Waals surface area contributed by atoms with Crippen molar-refractivity contribution in [2.24, 2.45) is 16.8 Å². The number of aliphatic imine (C=N–C) groups is 1. The first-order valence-corrected chi connectivity index (χ1v) is 13.8. The zero-order chi connectivity index (χ0) is 27.6. The Bertz CT molecular complexity index is 1850. The van der Waals surface area contributed by atoms with E-state index >= 15 is 0 Å². The minimum atomic E-state index is 0.453. The lowest BCUT2D eigenvalue weighted by Crippen LogP contribution is -2.17. The van der Waals surface area contributed by atoms with E-state index in [4.69, 9.17) is 0 Å². The van der Waals surface area contributed by atoms with Gasteiger partial charge in [0.15, 0.2) is 0 Å². The Labute approximate surface area is 233 Å². The third kappa shape index (κ3) is 4.48. The monoisotopic (exact) mass is 522 g/mol. The molecule has 0 saturated heterocycles.